The third kappa shape index (κ3) is 3.01. The lowest BCUT2D eigenvalue weighted by atomic mass is 10.0. The third-order valence-electron chi connectivity index (χ3n) is 2.57. The fourth-order valence-electron chi connectivity index (χ4n) is 1.83. The van der Waals surface area contributed by atoms with Gasteiger partial charge in [-0.25, -0.2) is 4.39 Å². The van der Waals surface area contributed by atoms with Crippen LogP contribution in [0.3, 0.4) is 0 Å². The van der Waals surface area contributed by atoms with Crippen LogP contribution in [0.5, 0.6) is 11.5 Å². The van der Waals surface area contributed by atoms with Crippen LogP contribution in [0, 0.1) is 5.82 Å². The van der Waals surface area contributed by atoms with E-state index in [2.05, 4.69) is 4.74 Å². The van der Waals surface area contributed by atoms with E-state index in [1.54, 1.807) is 0 Å². The Labute approximate surface area is 112 Å². The summed E-state index contributed by atoms with van der Waals surface area (Å²) in [4.78, 5) is 0. The maximum absolute atomic E-state index is 13.6. The second-order valence-electron chi connectivity index (χ2n) is 3.86. The molecular formula is C14H10F4O2. The molecule has 0 fully saturated rings. The predicted molar refractivity (Wildman–Crippen MR) is 65.1 cm³/mol. The first-order chi connectivity index (χ1) is 9.42. The summed E-state index contributed by atoms with van der Waals surface area (Å²) in [6.45, 7) is 0. The molecule has 0 spiro atoms. The summed E-state index contributed by atoms with van der Waals surface area (Å²) >= 11 is 0. The van der Waals surface area contributed by atoms with Gasteiger partial charge in [0.1, 0.15) is 5.75 Å². The van der Waals surface area contributed by atoms with Crippen LogP contribution in [-0.4, -0.2) is 13.5 Å². The zero-order valence-corrected chi connectivity index (χ0v) is 10.4. The Hall–Kier alpha value is -2.24. The van der Waals surface area contributed by atoms with E-state index in [-0.39, 0.29) is 16.9 Å². The standard InChI is InChI=1S/C14H10F4O2/c1-19-13-10(6-4-7-11(13)15)9-5-2-3-8-12(9)20-14(16,17)18/h2-8H,1H3. The van der Waals surface area contributed by atoms with Gasteiger partial charge < -0.3 is 9.47 Å². The van der Waals surface area contributed by atoms with Crippen LogP contribution in [0.25, 0.3) is 11.1 Å². The second-order valence-corrected chi connectivity index (χ2v) is 3.86. The van der Waals surface area contributed by atoms with Crippen molar-refractivity contribution >= 4 is 0 Å². The highest BCUT2D eigenvalue weighted by molar-refractivity contribution is 5.76. The molecular weight excluding hydrogens is 276 g/mol. The maximum Gasteiger partial charge on any atom is 0.573 e. The number of hydrogen-bond donors (Lipinski definition) is 0. The normalized spacial score (nSPS) is 11.2. The summed E-state index contributed by atoms with van der Waals surface area (Å²) in [5, 5.41) is 0. The molecule has 0 aliphatic rings. The van der Waals surface area contributed by atoms with Gasteiger partial charge in [0.15, 0.2) is 11.6 Å². The third-order valence-corrected chi connectivity index (χ3v) is 2.57. The van der Waals surface area contributed by atoms with Gasteiger partial charge in [-0.3, -0.25) is 0 Å². The summed E-state index contributed by atoms with van der Waals surface area (Å²) < 4.78 is 59.6. The Balaban J connectivity index is 2.56. The van der Waals surface area contributed by atoms with E-state index in [9.17, 15) is 17.6 Å². The van der Waals surface area contributed by atoms with Gasteiger partial charge in [0.05, 0.1) is 7.11 Å². The van der Waals surface area contributed by atoms with E-state index >= 15 is 0 Å². The van der Waals surface area contributed by atoms with Crippen molar-refractivity contribution in [1.82, 2.24) is 0 Å². The van der Waals surface area contributed by atoms with Crippen LogP contribution in [0.4, 0.5) is 17.6 Å². The number of methoxy groups -OCH3 is 1. The van der Waals surface area contributed by atoms with Gasteiger partial charge in [0, 0.05) is 11.1 Å². The minimum atomic E-state index is -4.82. The highest BCUT2D eigenvalue weighted by Crippen LogP contribution is 2.39. The largest absolute Gasteiger partial charge is 0.573 e. The molecule has 2 aromatic rings. The Morgan fingerprint density at radius 3 is 2.20 bits per heavy atom. The van der Waals surface area contributed by atoms with Gasteiger partial charge in [-0.2, -0.15) is 0 Å². The van der Waals surface area contributed by atoms with Crippen LogP contribution in [0.15, 0.2) is 42.5 Å². The summed E-state index contributed by atoms with van der Waals surface area (Å²) in [5.74, 6) is -1.21. The number of ether oxygens (including phenoxy) is 2. The summed E-state index contributed by atoms with van der Waals surface area (Å²) in [6, 6.07) is 9.50. The molecule has 0 saturated carbocycles. The summed E-state index contributed by atoms with van der Waals surface area (Å²) in [6.07, 6.45) is -4.82. The van der Waals surface area contributed by atoms with Crippen molar-refractivity contribution in [3.63, 3.8) is 0 Å². The van der Waals surface area contributed by atoms with Crippen molar-refractivity contribution in [1.29, 1.82) is 0 Å². The molecule has 2 aromatic carbocycles. The average molecular weight is 286 g/mol. The van der Waals surface area contributed by atoms with E-state index in [1.807, 2.05) is 0 Å². The molecule has 0 N–H and O–H groups in total. The van der Waals surface area contributed by atoms with Crippen LogP contribution in [-0.2, 0) is 0 Å². The molecule has 2 rings (SSSR count). The minimum Gasteiger partial charge on any atom is -0.493 e. The molecule has 0 radical (unpaired) electrons. The molecule has 0 aliphatic heterocycles. The Morgan fingerprint density at radius 1 is 0.900 bits per heavy atom. The molecule has 0 saturated heterocycles. The molecule has 0 unspecified atom stereocenters. The first-order valence-electron chi connectivity index (χ1n) is 5.60. The number of hydrogen-bond acceptors (Lipinski definition) is 2. The number of benzene rings is 2. The SMILES string of the molecule is COc1c(F)cccc1-c1ccccc1OC(F)(F)F. The summed E-state index contributed by atoms with van der Waals surface area (Å²) in [7, 11) is 1.25. The molecule has 0 aromatic heterocycles. The maximum atomic E-state index is 13.6. The second kappa shape index (κ2) is 5.40. The zero-order chi connectivity index (χ0) is 14.8. The lowest BCUT2D eigenvalue weighted by Crippen LogP contribution is -2.17. The number of para-hydroxylation sites is 2. The molecule has 106 valence electrons. The fraction of sp³-hybridized carbons (Fsp3) is 0.143. The quantitative estimate of drug-likeness (QED) is 0.779. The van der Waals surface area contributed by atoms with Crippen LogP contribution in [0.1, 0.15) is 0 Å². The Morgan fingerprint density at radius 2 is 1.55 bits per heavy atom. The number of rotatable bonds is 3. The molecule has 0 bridgehead atoms. The van der Waals surface area contributed by atoms with Gasteiger partial charge in [-0.1, -0.05) is 30.3 Å². The van der Waals surface area contributed by atoms with Gasteiger partial charge >= 0.3 is 6.36 Å². The predicted octanol–water partition coefficient (Wildman–Crippen LogP) is 4.40. The van der Waals surface area contributed by atoms with E-state index in [1.165, 1.54) is 37.4 Å². The molecule has 6 heteroatoms. The van der Waals surface area contributed by atoms with E-state index < -0.39 is 17.9 Å². The van der Waals surface area contributed by atoms with Gasteiger partial charge in [0.2, 0.25) is 0 Å². The Bertz CT molecular complexity index is 608. The Kier molecular flexibility index (Phi) is 3.83. The van der Waals surface area contributed by atoms with E-state index in [4.69, 9.17) is 4.74 Å². The molecule has 0 heterocycles. The van der Waals surface area contributed by atoms with Crippen molar-refractivity contribution in [2.75, 3.05) is 7.11 Å². The zero-order valence-electron chi connectivity index (χ0n) is 10.4. The molecule has 2 nitrogen and oxygen atoms in total. The van der Waals surface area contributed by atoms with Crippen molar-refractivity contribution in [3.8, 4) is 22.6 Å². The number of alkyl halides is 3. The van der Waals surface area contributed by atoms with Crippen LogP contribution < -0.4 is 9.47 Å². The lowest BCUT2D eigenvalue weighted by molar-refractivity contribution is -0.274. The van der Waals surface area contributed by atoms with E-state index in [0.29, 0.717) is 0 Å². The highest BCUT2D eigenvalue weighted by Gasteiger charge is 2.32. The van der Waals surface area contributed by atoms with Crippen molar-refractivity contribution in [3.05, 3.63) is 48.3 Å². The van der Waals surface area contributed by atoms with Crippen LogP contribution in [0.2, 0.25) is 0 Å². The monoisotopic (exact) mass is 286 g/mol. The van der Waals surface area contributed by atoms with Crippen molar-refractivity contribution in [2.45, 2.75) is 6.36 Å². The molecule has 0 amide bonds. The lowest BCUT2D eigenvalue weighted by Gasteiger charge is -2.15. The first-order valence-corrected chi connectivity index (χ1v) is 5.60. The molecule has 0 atom stereocenters. The molecule has 20 heavy (non-hydrogen) atoms. The van der Waals surface area contributed by atoms with Gasteiger partial charge in [-0.15, -0.1) is 13.2 Å². The summed E-state index contributed by atoms with van der Waals surface area (Å²) in [5.41, 5.74) is 0.286. The molecule has 0 aliphatic carbocycles. The van der Waals surface area contributed by atoms with Crippen molar-refractivity contribution < 1.29 is 27.0 Å². The van der Waals surface area contributed by atoms with Gasteiger partial charge in [-0.05, 0) is 12.1 Å². The van der Waals surface area contributed by atoms with E-state index in [0.717, 1.165) is 12.1 Å². The topological polar surface area (TPSA) is 18.5 Å². The average Bonchev–Trinajstić information content (AvgIpc) is 2.37. The first kappa shape index (κ1) is 14.2. The van der Waals surface area contributed by atoms with Crippen molar-refractivity contribution in [2.24, 2.45) is 0 Å². The van der Waals surface area contributed by atoms with Crippen LogP contribution >= 0.6 is 0 Å². The highest BCUT2D eigenvalue weighted by atomic mass is 19.4. The minimum absolute atomic E-state index is 0.0983. The fourth-order valence-corrected chi connectivity index (χ4v) is 1.83. The van der Waals surface area contributed by atoms with Gasteiger partial charge in [0.25, 0.3) is 0 Å². The smallest absolute Gasteiger partial charge is 0.493 e. The number of halogens is 4.